The molecule has 1 heterocycles. The van der Waals surface area contributed by atoms with E-state index in [1.807, 2.05) is 30.3 Å². The molecule has 8 heteroatoms. The van der Waals surface area contributed by atoms with Gasteiger partial charge in [-0.05, 0) is 93.5 Å². The van der Waals surface area contributed by atoms with E-state index in [4.69, 9.17) is 23.7 Å². The molecular formula is C33H54O7Si. The van der Waals surface area contributed by atoms with Crippen LogP contribution in [-0.2, 0) is 18.7 Å². The molecular weight excluding hydrogens is 536 g/mol. The molecule has 2 N–H and O–H groups in total. The zero-order chi connectivity index (χ0) is 29.9. The Bertz CT molecular complexity index is 923. The summed E-state index contributed by atoms with van der Waals surface area (Å²) in [5.41, 5.74) is 0. The van der Waals surface area contributed by atoms with Gasteiger partial charge in [-0.3, -0.25) is 4.79 Å². The lowest BCUT2D eigenvalue weighted by atomic mass is 9.86. The Kier molecular flexibility index (Phi) is 13.4. The average molecular weight is 591 g/mol. The maximum Gasteiger partial charge on any atom is 0.303 e. The van der Waals surface area contributed by atoms with Crippen molar-refractivity contribution in [2.24, 2.45) is 11.8 Å². The van der Waals surface area contributed by atoms with Gasteiger partial charge >= 0.3 is 5.97 Å². The molecule has 1 saturated carbocycles. The number of rotatable bonds is 16. The van der Waals surface area contributed by atoms with E-state index in [0.717, 1.165) is 57.3 Å². The van der Waals surface area contributed by atoms with Gasteiger partial charge in [-0.2, -0.15) is 0 Å². The third-order valence-corrected chi connectivity index (χ3v) is 13.6. The Hall–Kier alpha value is -1.71. The van der Waals surface area contributed by atoms with Crippen molar-refractivity contribution in [2.75, 3.05) is 13.2 Å². The van der Waals surface area contributed by atoms with E-state index in [-0.39, 0.29) is 41.8 Å². The summed E-state index contributed by atoms with van der Waals surface area (Å²) in [6.45, 7) is 12.6. The van der Waals surface area contributed by atoms with Crippen LogP contribution in [0.4, 0.5) is 0 Å². The molecule has 0 bridgehead atoms. The molecule has 0 radical (unpaired) electrons. The molecule has 2 aliphatic rings. The number of hydrogen-bond acceptors (Lipinski definition) is 6. The lowest BCUT2D eigenvalue weighted by molar-refractivity contribution is -0.196. The fourth-order valence-electron chi connectivity index (χ4n) is 5.65. The van der Waals surface area contributed by atoms with Crippen LogP contribution in [0.3, 0.4) is 0 Å². The van der Waals surface area contributed by atoms with E-state index in [1.165, 1.54) is 0 Å². The molecule has 3 rings (SSSR count). The van der Waals surface area contributed by atoms with Crippen molar-refractivity contribution in [2.45, 2.75) is 128 Å². The van der Waals surface area contributed by atoms with Crippen molar-refractivity contribution in [1.29, 1.82) is 0 Å². The SMILES string of the molecule is CC(C)(C)[Si](C)(C)O[C@H](CC[C@H]1C(OC2CCCCO2)C[C@H](O)[C@@H]1C/C=C\CCCC(=O)O)COc1ccccc1. The van der Waals surface area contributed by atoms with E-state index in [9.17, 15) is 9.90 Å². The Morgan fingerprint density at radius 3 is 2.56 bits per heavy atom. The molecule has 0 amide bonds. The van der Waals surface area contributed by atoms with Gasteiger partial charge in [0.25, 0.3) is 0 Å². The summed E-state index contributed by atoms with van der Waals surface area (Å²) in [5, 5.41) is 20.1. The monoisotopic (exact) mass is 590 g/mol. The van der Waals surface area contributed by atoms with Gasteiger partial charge in [-0.15, -0.1) is 0 Å². The summed E-state index contributed by atoms with van der Waals surface area (Å²) in [6, 6.07) is 9.90. The first-order chi connectivity index (χ1) is 19.5. The topological polar surface area (TPSA) is 94.5 Å². The molecule has 0 spiro atoms. The van der Waals surface area contributed by atoms with Crippen LogP contribution in [0.5, 0.6) is 5.75 Å². The van der Waals surface area contributed by atoms with Crippen LogP contribution in [0.15, 0.2) is 42.5 Å². The van der Waals surface area contributed by atoms with Crippen molar-refractivity contribution in [3.63, 3.8) is 0 Å². The smallest absolute Gasteiger partial charge is 0.303 e. The zero-order valence-corrected chi connectivity index (χ0v) is 26.9. The maximum absolute atomic E-state index is 11.2. The average Bonchev–Trinajstić information content (AvgIpc) is 3.21. The molecule has 0 aromatic heterocycles. The van der Waals surface area contributed by atoms with Crippen molar-refractivity contribution in [3.8, 4) is 5.75 Å². The number of hydrogen-bond donors (Lipinski definition) is 2. The Morgan fingerprint density at radius 2 is 1.90 bits per heavy atom. The highest BCUT2D eigenvalue weighted by atomic mass is 28.4. The molecule has 6 atom stereocenters. The molecule has 1 aliphatic heterocycles. The van der Waals surface area contributed by atoms with Crippen LogP contribution < -0.4 is 4.74 Å². The molecule has 1 aromatic carbocycles. The van der Waals surface area contributed by atoms with E-state index < -0.39 is 20.4 Å². The minimum Gasteiger partial charge on any atom is -0.491 e. The Balaban J connectivity index is 1.71. The molecule has 1 aliphatic carbocycles. The van der Waals surface area contributed by atoms with E-state index >= 15 is 0 Å². The number of carboxylic acids is 1. The third kappa shape index (κ3) is 11.1. The molecule has 232 valence electrons. The molecule has 1 aromatic rings. The predicted molar refractivity (Wildman–Crippen MR) is 165 cm³/mol. The summed E-state index contributed by atoms with van der Waals surface area (Å²) in [5.74, 6) is 0.318. The zero-order valence-electron chi connectivity index (χ0n) is 25.9. The summed E-state index contributed by atoms with van der Waals surface area (Å²) in [4.78, 5) is 10.8. The summed E-state index contributed by atoms with van der Waals surface area (Å²) in [6.07, 6.45) is 11.0. The standard InChI is InChI=1S/C33H54O7Si/c1-33(2,3)41(4,5)40-26(24-38-25-15-9-8-10-16-25)20-21-28-27(17-11-6-7-12-18-31(35)36)29(34)23-30(28)39-32-19-13-14-22-37-32/h6,8-11,15-16,26-30,32,34H,7,12-14,17-24H2,1-5H3,(H,35,36)/b11-6-/t26-,27-,28-,29+,30?,32?/m1/s1. The highest BCUT2D eigenvalue weighted by Gasteiger charge is 2.44. The second-order valence-electron chi connectivity index (χ2n) is 13.3. The lowest BCUT2D eigenvalue weighted by Crippen LogP contribution is -2.45. The molecule has 1 saturated heterocycles. The van der Waals surface area contributed by atoms with Gasteiger partial charge < -0.3 is 28.8 Å². The number of aliphatic hydroxyl groups excluding tert-OH is 1. The van der Waals surface area contributed by atoms with Gasteiger partial charge in [0.05, 0.1) is 18.3 Å². The Labute approximate surface area is 248 Å². The predicted octanol–water partition coefficient (Wildman–Crippen LogP) is 7.35. The van der Waals surface area contributed by atoms with Gasteiger partial charge in [0.15, 0.2) is 14.6 Å². The highest BCUT2D eigenvalue weighted by Crippen LogP contribution is 2.42. The van der Waals surface area contributed by atoms with E-state index in [2.05, 4.69) is 46.0 Å². The van der Waals surface area contributed by atoms with Crippen molar-refractivity contribution >= 4 is 14.3 Å². The van der Waals surface area contributed by atoms with Crippen LogP contribution in [0.25, 0.3) is 0 Å². The number of aliphatic hydroxyl groups is 1. The van der Waals surface area contributed by atoms with Gasteiger partial charge in [0.2, 0.25) is 0 Å². The summed E-state index contributed by atoms with van der Waals surface area (Å²) < 4.78 is 25.5. The number of allylic oxidation sites excluding steroid dienone is 2. The maximum atomic E-state index is 11.2. The lowest BCUT2D eigenvalue weighted by Gasteiger charge is -2.39. The normalized spacial score (nSPS) is 26.3. The third-order valence-electron chi connectivity index (χ3n) is 9.06. The van der Waals surface area contributed by atoms with Gasteiger partial charge in [0, 0.05) is 19.4 Å². The van der Waals surface area contributed by atoms with Crippen LogP contribution in [0.2, 0.25) is 18.1 Å². The van der Waals surface area contributed by atoms with Gasteiger partial charge in [0.1, 0.15) is 12.4 Å². The molecule has 2 unspecified atom stereocenters. The molecule has 7 nitrogen and oxygen atoms in total. The number of ether oxygens (including phenoxy) is 3. The van der Waals surface area contributed by atoms with Gasteiger partial charge in [-0.25, -0.2) is 0 Å². The minimum absolute atomic E-state index is 0.0624. The number of unbranched alkanes of at least 4 members (excludes halogenated alkanes) is 1. The van der Waals surface area contributed by atoms with Crippen LogP contribution in [0.1, 0.15) is 85.0 Å². The van der Waals surface area contributed by atoms with Crippen molar-refractivity contribution in [1.82, 2.24) is 0 Å². The van der Waals surface area contributed by atoms with Crippen LogP contribution in [0, 0.1) is 11.8 Å². The minimum atomic E-state index is -2.04. The van der Waals surface area contributed by atoms with E-state index in [0.29, 0.717) is 19.4 Å². The van der Waals surface area contributed by atoms with Crippen LogP contribution in [-0.4, -0.2) is 62.3 Å². The molecule has 41 heavy (non-hydrogen) atoms. The fourth-order valence-corrected chi connectivity index (χ4v) is 7.02. The van der Waals surface area contributed by atoms with Crippen LogP contribution >= 0.6 is 0 Å². The van der Waals surface area contributed by atoms with Crippen molar-refractivity contribution in [3.05, 3.63) is 42.5 Å². The Morgan fingerprint density at radius 1 is 1.15 bits per heavy atom. The number of carboxylic acid groups (broad SMARTS) is 1. The second kappa shape index (κ2) is 16.2. The van der Waals surface area contributed by atoms with Gasteiger partial charge in [-0.1, -0.05) is 51.1 Å². The number of aliphatic carboxylic acids is 1. The first-order valence-electron chi connectivity index (χ1n) is 15.6. The van der Waals surface area contributed by atoms with Crippen molar-refractivity contribution < 1.29 is 33.6 Å². The number of benzene rings is 1. The summed E-state index contributed by atoms with van der Waals surface area (Å²) in [7, 11) is -2.04. The highest BCUT2D eigenvalue weighted by molar-refractivity contribution is 6.74. The molecule has 2 fully saturated rings. The largest absolute Gasteiger partial charge is 0.491 e. The fraction of sp³-hybridized carbons (Fsp3) is 0.727. The summed E-state index contributed by atoms with van der Waals surface area (Å²) >= 11 is 0. The number of para-hydroxylation sites is 1. The first kappa shape index (κ1) is 33.8. The first-order valence-corrected chi connectivity index (χ1v) is 18.5. The van der Waals surface area contributed by atoms with E-state index in [1.54, 1.807) is 0 Å². The quantitative estimate of drug-likeness (QED) is 0.118. The number of carbonyl (C=O) groups is 1. The second-order valence-corrected chi connectivity index (χ2v) is 18.1.